The summed E-state index contributed by atoms with van der Waals surface area (Å²) in [5.74, 6) is -5.69. The van der Waals surface area contributed by atoms with Gasteiger partial charge in [0, 0.05) is 103 Å². The van der Waals surface area contributed by atoms with Crippen molar-refractivity contribution in [1.29, 1.82) is 0 Å². The largest absolute Gasteiger partial charge is 0.494 e. The first-order valence-electron chi connectivity index (χ1n) is 31.6. The Morgan fingerprint density at radius 3 is 1.81 bits per heavy atom. The lowest BCUT2D eigenvalue weighted by Gasteiger charge is -2.33. The van der Waals surface area contributed by atoms with Gasteiger partial charge >= 0.3 is 23.9 Å². The molecule has 2 atom stereocenters. The van der Waals surface area contributed by atoms with Gasteiger partial charge in [0.2, 0.25) is 33.7 Å². The summed E-state index contributed by atoms with van der Waals surface area (Å²) in [5, 5.41) is 55.2. The van der Waals surface area contributed by atoms with Crippen LogP contribution in [0.4, 0.5) is 5.82 Å². The smallest absolute Gasteiger partial charge is 0.323 e. The first-order valence-corrected chi connectivity index (χ1v) is 33.1. The molecule has 2 aromatic carbocycles. The van der Waals surface area contributed by atoms with E-state index in [2.05, 4.69) is 42.7 Å². The second-order valence-electron chi connectivity index (χ2n) is 22.9. The number of pyridine rings is 1. The Morgan fingerprint density at radius 1 is 0.638 bits per heavy atom. The third-order valence-electron chi connectivity index (χ3n) is 15.3. The number of rotatable bonds is 40. The second kappa shape index (κ2) is 41.0. The van der Waals surface area contributed by atoms with E-state index in [1.165, 1.54) is 31.5 Å². The lowest BCUT2D eigenvalue weighted by Crippen LogP contribution is -2.52. The van der Waals surface area contributed by atoms with Gasteiger partial charge in [-0.2, -0.15) is 4.72 Å². The first kappa shape index (κ1) is 76.8. The molecule has 5 amide bonds. The summed E-state index contributed by atoms with van der Waals surface area (Å²) in [6, 6.07) is 11.4. The van der Waals surface area contributed by atoms with E-state index in [0.717, 1.165) is 36.5 Å². The third-order valence-corrected chi connectivity index (χ3v) is 17.1. The van der Waals surface area contributed by atoms with E-state index >= 15 is 0 Å². The average molecular weight is 1340 g/mol. The predicted molar refractivity (Wildman–Crippen MR) is 344 cm³/mol. The van der Waals surface area contributed by atoms with Gasteiger partial charge in [0.15, 0.2) is 0 Å². The van der Waals surface area contributed by atoms with Crippen molar-refractivity contribution < 1.29 is 86.2 Å². The molecule has 1 saturated heterocycles. The van der Waals surface area contributed by atoms with Crippen molar-refractivity contribution in [3.8, 4) is 5.75 Å². The number of sulfonamides is 1. The number of aromatic nitrogens is 1. The molecule has 0 unspecified atom stereocenters. The van der Waals surface area contributed by atoms with Crippen LogP contribution in [-0.4, -0.2) is 270 Å². The summed E-state index contributed by atoms with van der Waals surface area (Å²) in [6.45, 7) is 4.90. The number of nitrogens with two attached hydrogens (primary N) is 1. The number of ether oxygens (including phenoxy) is 3. The number of anilines is 1. The van der Waals surface area contributed by atoms with E-state index in [1.54, 1.807) is 31.7 Å². The molecule has 2 aliphatic heterocycles. The number of unbranched alkanes of at least 4 members (excludes halogenated alkanes) is 1. The molecular weight excluding hydrogens is 1250 g/mol. The number of carboxylic acids is 4. The Morgan fingerprint density at radius 2 is 1.22 bits per heavy atom. The summed E-state index contributed by atoms with van der Waals surface area (Å²) < 4.78 is 46.2. The SMILES string of the molecule is Cc1cc(OCCCC(=O)NCCNC(=O)COCCOCCNC(=O)[C@H](CCCCN)NC(=O)CN2CCN(CC(=O)O)CCN(CC(=O)O)CCN(CC(=O)O)CC2)cc(C)c1S(=O)(=O)N[C@@H](CNC(=O)c1ccc(CCc2ccc3c(n2)NCCC3)cc1)C(=O)O. The van der Waals surface area contributed by atoms with E-state index in [-0.39, 0.29) is 172 Å². The average Bonchev–Trinajstić information content (AvgIpc) is 0.796. The van der Waals surface area contributed by atoms with Gasteiger partial charge < -0.3 is 72.3 Å². The fourth-order valence-electron chi connectivity index (χ4n) is 10.5. The molecule has 3 aromatic rings. The third kappa shape index (κ3) is 29.1. The number of nitrogens with one attached hydrogen (secondary N) is 7. The zero-order chi connectivity index (χ0) is 68.4. The van der Waals surface area contributed by atoms with E-state index in [4.69, 9.17) is 24.9 Å². The van der Waals surface area contributed by atoms with E-state index < -0.39 is 76.2 Å². The number of hydrogen-bond donors (Lipinski definition) is 12. The van der Waals surface area contributed by atoms with Crippen LogP contribution in [0.3, 0.4) is 0 Å². The molecule has 520 valence electrons. The Hall–Kier alpha value is -7.95. The maximum Gasteiger partial charge on any atom is 0.323 e. The van der Waals surface area contributed by atoms with E-state index in [0.29, 0.717) is 44.4 Å². The van der Waals surface area contributed by atoms with Crippen molar-refractivity contribution in [3.63, 3.8) is 0 Å². The predicted octanol–water partition coefficient (Wildman–Crippen LogP) is -1.37. The monoisotopic (exact) mass is 1340 g/mol. The molecule has 2 aliphatic rings. The number of fused-ring (bicyclic) bond motifs is 1. The van der Waals surface area contributed by atoms with Gasteiger partial charge in [-0.05, 0) is 124 Å². The van der Waals surface area contributed by atoms with E-state index in [1.807, 2.05) is 18.2 Å². The van der Waals surface area contributed by atoms with Crippen LogP contribution in [0.1, 0.15) is 76.8 Å². The molecule has 94 heavy (non-hydrogen) atoms. The van der Waals surface area contributed by atoms with Crippen LogP contribution in [0.2, 0.25) is 0 Å². The van der Waals surface area contributed by atoms with Crippen molar-refractivity contribution in [2.45, 2.75) is 88.6 Å². The number of benzene rings is 2. The Kier molecular flexibility index (Phi) is 33.5. The van der Waals surface area contributed by atoms with Gasteiger partial charge in [0.25, 0.3) is 5.91 Å². The van der Waals surface area contributed by atoms with Gasteiger partial charge in [-0.15, -0.1) is 0 Å². The fourth-order valence-corrected chi connectivity index (χ4v) is 12.1. The van der Waals surface area contributed by atoms with Crippen LogP contribution in [0.5, 0.6) is 5.75 Å². The Balaban J connectivity index is 0.927. The number of carbonyl (C=O) groups is 9. The van der Waals surface area contributed by atoms with Crippen LogP contribution >= 0.6 is 0 Å². The van der Waals surface area contributed by atoms with Gasteiger partial charge in [0.1, 0.15) is 30.3 Å². The van der Waals surface area contributed by atoms with Crippen LogP contribution in [-0.2, 0) is 77.1 Å². The maximum atomic E-state index is 13.6. The van der Waals surface area contributed by atoms with E-state index in [9.17, 15) is 72.0 Å². The lowest BCUT2D eigenvalue weighted by atomic mass is 10.0. The van der Waals surface area contributed by atoms with Crippen molar-refractivity contribution in [1.82, 2.24) is 55.9 Å². The number of aliphatic carboxylic acids is 4. The first-order chi connectivity index (χ1) is 45.0. The summed E-state index contributed by atoms with van der Waals surface area (Å²) in [5.41, 5.74) is 9.67. The van der Waals surface area contributed by atoms with Crippen molar-refractivity contribution in [2.75, 3.05) is 156 Å². The molecule has 32 heteroatoms. The topological polar surface area (TPSA) is 432 Å². The van der Waals surface area contributed by atoms with Gasteiger partial charge in [-0.25, -0.2) is 13.4 Å². The van der Waals surface area contributed by atoms with Crippen LogP contribution in [0.15, 0.2) is 53.4 Å². The quantitative estimate of drug-likeness (QED) is 0.0292. The minimum atomic E-state index is -4.40. The van der Waals surface area contributed by atoms with Gasteiger partial charge in [0.05, 0.1) is 57.5 Å². The number of hydrogen-bond acceptors (Lipinski definition) is 21. The summed E-state index contributed by atoms with van der Waals surface area (Å²) in [6.07, 6.45) is 5.31. The number of aryl methyl sites for hydroxylation is 5. The molecule has 0 aliphatic carbocycles. The summed E-state index contributed by atoms with van der Waals surface area (Å²) >= 11 is 0. The Labute approximate surface area is 547 Å². The highest BCUT2D eigenvalue weighted by molar-refractivity contribution is 7.89. The highest BCUT2D eigenvalue weighted by Gasteiger charge is 2.30. The summed E-state index contributed by atoms with van der Waals surface area (Å²) in [7, 11) is -4.40. The molecule has 13 N–H and O–H groups in total. The number of nitrogens with zero attached hydrogens (tertiary/aromatic N) is 5. The molecule has 0 spiro atoms. The lowest BCUT2D eigenvalue weighted by molar-refractivity contribution is -0.140. The normalized spacial score (nSPS) is 15.1. The zero-order valence-electron chi connectivity index (χ0n) is 53.6. The minimum absolute atomic E-state index is 0.0564. The molecule has 0 radical (unpaired) electrons. The van der Waals surface area contributed by atoms with Crippen molar-refractivity contribution in [2.24, 2.45) is 5.73 Å². The van der Waals surface area contributed by atoms with Crippen LogP contribution in [0, 0.1) is 13.8 Å². The minimum Gasteiger partial charge on any atom is -0.494 e. The van der Waals surface area contributed by atoms with Crippen molar-refractivity contribution in [3.05, 3.63) is 82.0 Å². The fraction of sp³-hybridized carbons (Fsp3) is 0.581. The molecule has 1 fully saturated rings. The molecule has 5 rings (SSSR count). The molecule has 0 bridgehead atoms. The number of carbonyl (C=O) groups excluding carboxylic acids is 5. The maximum absolute atomic E-state index is 13.6. The molecule has 3 heterocycles. The molecule has 31 nitrogen and oxygen atoms in total. The standard InChI is InChI=1S/C62H93N13O18S/c1-43-35-49(36-44(2)58(43)94(89,90)71-51(62(87)88)37-68-60(85)47-13-10-45(11-14-47)12-16-48-17-15-46-7-5-19-66-59(46)69-48)93-31-6-9-52(76)64-20-21-65-54(78)42-92-34-33-91-32-22-67-61(86)50(8-3-4-18-63)70-53(77)38-72-23-25-73(39-55(79)80)27-29-75(41-57(83)84)30-28-74(26-24-72)40-56(81)82/h10-11,13-15,17,35-36,50-51,71H,3-9,12,16,18-34,37-42,63H2,1-2H3,(H,64,76)(H,65,78)(H,66,69)(H,67,86)(H,68,85)(H,70,77)(H,79,80)(H,81,82)(H,83,84)(H,87,88)/t50-,51-/m0/s1. The van der Waals surface area contributed by atoms with Crippen molar-refractivity contribution >= 4 is 69.3 Å². The second-order valence-corrected chi connectivity index (χ2v) is 24.6. The summed E-state index contributed by atoms with van der Waals surface area (Å²) in [4.78, 5) is 123. The number of amides is 5. The van der Waals surface area contributed by atoms with Gasteiger partial charge in [-0.1, -0.05) is 18.2 Å². The molecule has 0 saturated carbocycles. The molecular formula is C62H93N13O18S. The number of carboxylic acid groups (broad SMARTS) is 4. The van der Waals surface area contributed by atoms with Crippen LogP contribution in [0.25, 0.3) is 0 Å². The zero-order valence-corrected chi connectivity index (χ0v) is 54.4. The van der Waals surface area contributed by atoms with Gasteiger partial charge in [-0.3, -0.25) is 62.8 Å². The highest BCUT2D eigenvalue weighted by atomic mass is 32.2. The highest BCUT2D eigenvalue weighted by Crippen LogP contribution is 2.27. The van der Waals surface area contributed by atoms with Crippen LogP contribution < -0.4 is 47.1 Å². The Bertz CT molecular complexity index is 3050. The molecule has 1 aromatic heterocycles.